The summed E-state index contributed by atoms with van der Waals surface area (Å²) in [6.07, 6.45) is 3.60. The quantitative estimate of drug-likeness (QED) is 0.804. The van der Waals surface area contributed by atoms with Gasteiger partial charge in [0, 0.05) is 5.92 Å². The summed E-state index contributed by atoms with van der Waals surface area (Å²) in [7, 11) is -3.78. The summed E-state index contributed by atoms with van der Waals surface area (Å²) in [5.74, 6) is -0.187. The fourth-order valence-electron chi connectivity index (χ4n) is 1.88. The number of nitrogens with one attached hydrogen (secondary N) is 1. The predicted octanol–water partition coefficient (Wildman–Crippen LogP) is 2.25. The average molecular weight is 319 g/mol. The summed E-state index contributed by atoms with van der Waals surface area (Å²) < 4.78 is 22.6. The maximum Gasteiger partial charge on any atom is 0.249 e. The highest BCUT2D eigenvalue weighted by Crippen LogP contribution is 2.27. The van der Waals surface area contributed by atoms with E-state index in [1.165, 1.54) is 0 Å². The molecule has 0 fully saturated rings. The standard InChI is InChI=1S/C12H21N3O3S2/c1-4-6-7-9(5-2)10(16)15-12-14-8(3)11(19-12)20(13,17)18/h9H,4-7H2,1-3H3,(H2,13,17,18)(H,14,15,16). The topological polar surface area (TPSA) is 102 Å². The van der Waals surface area contributed by atoms with Crippen molar-refractivity contribution in [1.29, 1.82) is 0 Å². The van der Waals surface area contributed by atoms with E-state index in [2.05, 4.69) is 17.2 Å². The van der Waals surface area contributed by atoms with Crippen LogP contribution in [0.5, 0.6) is 0 Å². The van der Waals surface area contributed by atoms with E-state index in [0.29, 0.717) is 5.69 Å². The fourth-order valence-corrected chi connectivity index (χ4v) is 3.74. The van der Waals surface area contributed by atoms with Crippen molar-refractivity contribution in [3.8, 4) is 0 Å². The molecule has 0 aliphatic heterocycles. The Bertz CT molecular complexity index is 567. The van der Waals surface area contributed by atoms with Gasteiger partial charge >= 0.3 is 0 Å². The minimum Gasteiger partial charge on any atom is -0.302 e. The minimum atomic E-state index is -3.78. The Labute approximate surface area is 123 Å². The molecule has 8 heteroatoms. The number of primary sulfonamides is 1. The minimum absolute atomic E-state index is 0.00518. The Balaban J connectivity index is 2.80. The Morgan fingerprint density at radius 1 is 1.45 bits per heavy atom. The molecule has 0 aliphatic rings. The van der Waals surface area contributed by atoms with Crippen LogP contribution in [-0.2, 0) is 14.8 Å². The molecule has 1 aromatic rings. The first-order valence-corrected chi connectivity index (χ1v) is 8.96. The molecule has 1 aromatic heterocycles. The second kappa shape index (κ2) is 7.14. The highest BCUT2D eigenvalue weighted by Gasteiger charge is 2.21. The molecule has 6 nitrogen and oxygen atoms in total. The molecule has 3 N–H and O–H groups in total. The van der Waals surface area contributed by atoms with Gasteiger partial charge in [0.2, 0.25) is 15.9 Å². The summed E-state index contributed by atoms with van der Waals surface area (Å²) in [5.41, 5.74) is 0.314. The smallest absolute Gasteiger partial charge is 0.249 e. The number of aromatic nitrogens is 1. The van der Waals surface area contributed by atoms with Crippen LogP contribution in [0.4, 0.5) is 5.13 Å². The number of sulfonamides is 1. The molecule has 0 aromatic carbocycles. The zero-order valence-corrected chi connectivity index (χ0v) is 13.6. The van der Waals surface area contributed by atoms with Crippen LogP contribution >= 0.6 is 11.3 Å². The van der Waals surface area contributed by atoms with Crippen LogP contribution in [0.25, 0.3) is 0 Å². The van der Waals surface area contributed by atoms with Gasteiger partial charge < -0.3 is 5.32 Å². The van der Waals surface area contributed by atoms with Crippen molar-refractivity contribution < 1.29 is 13.2 Å². The molecule has 0 saturated heterocycles. The molecule has 0 aliphatic carbocycles. The maximum atomic E-state index is 12.1. The number of carbonyl (C=O) groups excluding carboxylic acids is 1. The number of thiazole rings is 1. The van der Waals surface area contributed by atoms with Crippen molar-refractivity contribution in [2.45, 2.75) is 50.7 Å². The van der Waals surface area contributed by atoms with Gasteiger partial charge in [-0.15, -0.1) is 0 Å². The van der Waals surface area contributed by atoms with Crippen LogP contribution in [0.1, 0.15) is 45.2 Å². The van der Waals surface area contributed by atoms with E-state index in [0.717, 1.165) is 37.0 Å². The number of aryl methyl sites for hydroxylation is 1. The van der Waals surface area contributed by atoms with Crippen molar-refractivity contribution >= 4 is 32.4 Å². The second-order valence-electron chi connectivity index (χ2n) is 4.67. The normalized spacial score (nSPS) is 13.2. The molecular weight excluding hydrogens is 298 g/mol. The van der Waals surface area contributed by atoms with Gasteiger partial charge in [-0.2, -0.15) is 0 Å². The third-order valence-electron chi connectivity index (χ3n) is 3.01. The number of hydrogen-bond donors (Lipinski definition) is 2. The lowest BCUT2D eigenvalue weighted by molar-refractivity contribution is -0.120. The molecule has 1 atom stereocenters. The third kappa shape index (κ3) is 4.53. The second-order valence-corrected chi connectivity index (χ2v) is 7.43. The largest absolute Gasteiger partial charge is 0.302 e. The monoisotopic (exact) mass is 319 g/mol. The maximum absolute atomic E-state index is 12.1. The molecule has 20 heavy (non-hydrogen) atoms. The zero-order chi connectivity index (χ0) is 15.3. The summed E-state index contributed by atoms with van der Waals surface area (Å²) >= 11 is 0.890. The molecule has 114 valence electrons. The van der Waals surface area contributed by atoms with Gasteiger partial charge in [-0.3, -0.25) is 4.79 Å². The molecule has 1 rings (SSSR count). The predicted molar refractivity (Wildman–Crippen MR) is 80.2 cm³/mol. The van der Waals surface area contributed by atoms with Crippen LogP contribution in [0, 0.1) is 12.8 Å². The SMILES string of the molecule is CCCCC(CC)C(=O)Nc1nc(C)c(S(N)(=O)=O)s1. The molecule has 0 saturated carbocycles. The van der Waals surface area contributed by atoms with Crippen molar-refractivity contribution in [1.82, 2.24) is 4.98 Å². The lowest BCUT2D eigenvalue weighted by atomic mass is 9.99. The summed E-state index contributed by atoms with van der Waals surface area (Å²) in [6, 6.07) is 0. The van der Waals surface area contributed by atoms with Gasteiger partial charge in [0.25, 0.3) is 0 Å². The van der Waals surface area contributed by atoms with E-state index in [1.807, 2.05) is 6.92 Å². The summed E-state index contributed by atoms with van der Waals surface area (Å²) in [4.78, 5) is 16.1. The van der Waals surface area contributed by atoms with Crippen LogP contribution in [0.15, 0.2) is 4.21 Å². The molecule has 0 radical (unpaired) electrons. The molecular formula is C12H21N3O3S2. The van der Waals surface area contributed by atoms with E-state index >= 15 is 0 Å². The van der Waals surface area contributed by atoms with E-state index in [4.69, 9.17) is 5.14 Å². The van der Waals surface area contributed by atoms with Crippen molar-refractivity contribution in [3.63, 3.8) is 0 Å². The zero-order valence-electron chi connectivity index (χ0n) is 12.0. The highest BCUT2D eigenvalue weighted by molar-refractivity contribution is 7.91. The molecule has 0 bridgehead atoms. The Kier molecular flexibility index (Phi) is 6.09. The van der Waals surface area contributed by atoms with E-state index in [-0.39, 0.29) is 21.2 Å². The van der Waals surface area contributed by atoms with Gasteiger partial charge in [0.05, 0.1) is 5.69 Å². The summed E-state index contributed by atoms with van der Waals surface area (Å²) in [5, 5.41) is 8.05. The van der Waals surface area contributed by atoms with Crippen LogP contribution in [-0.4, -0.2) is 19.3 Å². The van der Waals surface area contributed by atoms with E-state index < -0.39 is 10.0 Å². The van der Waals surface area contributed by atoms with Crippen LogP contribution in [0.2, 0.25) is 0 Å². The van der Waals surface area contributed by atoms with Crippen LogP contribution in [0.3, 0.4) is 0 Å². The molecule has 1 unspecified atom stereocenters. The van der Waals surface area contributed by atoms with E-state index in [1.54, 1.807) is 6.92 Å². The lowest BCUT2D eigenvalue weighted by Crippen LogP contribution is -2.22. The number of anilines is 1. The molecule has 0 spiro atoms. The first-order valence-electron chi connectivity index (χ1n) is 6.60. The number of nitrogens with zero attached hydrogens (tertiary/aromatic N) is 1. The number of unbranched alkanes of at least 4 members (excludes halogenated alkanes) is 1. The lowest BCUT2D eigenvalue weighted by Gasteiger charge is -2.12. The number of carbonyl (C=O) groups is 1. The van der Waals surface area contributed by atoms with Crippen molar-refractivity contribution in [3.05, 3.63) is 5.69 Å². The number of nitrogens with two attached hydrogens (primary N) is 1. The van der Waals surface area contributed by atoms with Gasteiger partial charge in [-0.05, 0) is 19.8 Å². The number of hydrogen-bond acceptors (Lipinski definition) is 5. The Morgan fingerprint density at radius 2 is 2.10 bits per heavy atom. The molecule has 1 heterocycles. The Hall–Kier alpha value is -0.990. The number of amides is 1. The van der Waals surface area contributed by atoms with Gasteiger partial charge in [0.1, 0.15) is 0 Å². The van der Waals surface area contributed by atoms with Gasteiger partial charge in [-0.25, -0.2) is 18.5 Å². The Morgan fingerprint density at radius 3 is 2.55 bits per heavy atom. The first-order chi connectivity index (χ1) is 9.29. The van der Waals surface area contributed by atoms with Gasteiger partial charge in [0.15, 0.2) is 9.34 Å². The molecule has 1 amide bonds. The van der Waals surface area contributed by atoms with Crippen molar-refractivity contribution in [2.24, 2.45) is 11.1 Å². The first kappa shape index (κ1) is 17.1. The fraction of sp³-hybridized carbons (Fsp3) is 0.667. The highest BCUT2D eigenvalue weighted by atomic mass is 32.2. The van der Waals surface area contributed by atoms with Crippen LogP contribution < -0.4 is 10.5 Å². The average Bonchev–Trinajstić information content (AvgIpc) is 2.71. The third-order valence-corrected chi connectivity index (χ3v) is 5.64. The summed E-state index contributed by atoms with van der Waals surface area (Å²) in [6.45, 7) is 5.59. The number of rotatable bonds is 7. The van der Waals surface area contributed by atoms with Crippen molar-refractivity contribution in [2.75, 3.05) is 5.32 Å². The van der Waals surface area contributed by atoms with E-state index in [9.17, 15) is 13.2 Å². The van der Waals surface area contributed by atoms with Gasteiger partial charge in [-0.1, -0.05) is 38.0 Å².